The van der Waals surface area contributed by atoms with Crippen molar-refractivity contribution in [3.63, 3.8) is 0 Å². The number of carbonyl (C=O) groups excluding carboxylic acids is 1. The largest absolute Gasteiger partial charge is 0.292 e. The Morgan fingerprint density at radius 1 is 1.58 bits per heavy atom. The fourth-order valence-electron chi connectivity index (χ4n) is 1.47. The van der Waals surface area contributed by atoms with Crippen molar-refractivity contribution >= 4 is 31.4 Å². The van der Waals surface area contributed by atoms with E-state index in [9.17, 15) is 4.79 Å². The van der Waals surface area contributed by atoms with Gasteiger partial charge in [-0.05, 0) is 18.8 Å². The third-order valence-corrected chi connectivity index (χ3v) is 2.77. The Labute approximate surface area is 84.7 Å². The van der Waals surface area contributed by atoms with Gasteiger partial charge in [-0.1, -0.05) is 19.7 Å². The summed E-state index contributed by atoms with van der Waals surface area (Å²) in [5.41, 5.74) is 0. The third-order valence-electron chi connectivity index (χ3n) is 2.25. The summed E-state index contributed by atoms with van der Waals surface area (Å²) in [4.78, 5) is 11.6. The van der Waals surface area contributed by atoms with Crippen molar-refractivity contribution in [3.8, 4) is 0 Å². The second-order valence-electron chi connectivity index (χ2n) is 3.47. The van der Waals surface area contributed by atoms with Crippen molar-refractivity contribution in [2.24, 2.45) is 11.8 Å². The molecule has 2 atom stereocenters. The number of thiol groups is 2. The van der Waals surface area contributed by atoms with Gasteiger partial charge < -0.3 is 0 Å². The Bertz CT molecular complexity index is 176. The van der Waals surface area contributed by atoms with E-state index in [1.54, 1.807) is 7.05 Å². The molecule has 0 aliphatic heterocycles. The van der Waals surface area contributed by atoms with Crippen molar-refractivity contribution in [1.82, 2.24) is 4.31 Å². The molecule has 2 unspecified atom stereocenters. The molecule has 0 aromatic carbocycles. The maximum absolute atomic E-state index is 11.6. The predicted molar refractivity (Wildman–Crippen MR) is 56.4 cm³/mol. The zero-order valence-corrected chi connectivity index (χ0v) is 9.19. The Hall–Kier alpha value is 0.170. The van der Waals surface area contributed by atoms with E-state index in [-0.39, 0.29) is 17.1 Å². The molecule has 0 bridgehead atoms. The summed E-state index contributed by atoms with van der Waals surface area (Å²) in [6, 6.07) is 0. The number of rotatable bonds is 3. The third kappa shape index (κ3) is 2.33. The van der Waals surface area contributed by atoms with Crippen LogP contribution in [0.2, 0.25) is 0 Å². The summed E-state index contributed by atoms with van der Waals surface area (Å²) in [7, 11) is 1.68. The normalized spacial score (nSPS) is 21.7. The molecule has 0 heterocycles. The summed E-state index contributed by atoms with van der Waals surface area (Å²) in [6.07, 6.45) is 2.34. The lowest BCUT2D eigenvalue weighted by atomic mass is 9.99. The predicted octanol–water partition coefficient (Wildman–Crippen LogP) is 1.63. The van der Waals surface area contributed by atoms with Gasteiger partial charge in [-0.3, -0.25) is 9.10 Å². The SMILES string of the molecule is CC(S)C(C(=O)N(C)S)C1CC1. The molecule has 1 rings (SSSR count). The molecular formula is C8H15NOS2. The van der Waals surface area contributed by atoms with Crippen molar-refractivity contribution in [2.45, 2.75) is 25.0 Å². The Kier molecular flexibility index (Phi) is 3.35. The zero-order valence-electron chi connectivity index (χ0n) is 7.40. The fraction of sp³-hybridized carbons (Fsp3) is 0.875. The minimum absolute atomic E-state index is 0.0656. The van der Waals surface area contributed by atoms with Crippen LogP contribution in [0, 0.1) is 11.8 Å². The fourth-order valence-corrected chi connectivity index (χ4v) is 1.98. The maximum Gasteiger partial charge on any atom is 0.236 e. The van der Waals surface area contributed by atoms with Crippen LogP contribution in [-0.4, -0.2) is 22.5 Å². The molecule has 0 N–H and O–H groups in total. The minimum atomic E-state index is 0.0656. The lowest BCUT2D eigenvalue weighted by Crippen LogP contribution is -2.32. The van der Waals surface area contributed by atoms with Crippen molar-refractivity contribution in [3.05, 3.63) is 0 Å². The standard InChI is InChI=1S/C8H15NOS2/c1-5(11)7(6-3-4-6)8(10)9(2)12/h5-7,11-12H,3-4H2,1-2H3. The quantitative estimate of drug-likeness (QED) is 0.671. The average Bonchev–Trinajstić information content (AvgIpc) is 2.70. The van der Waals surface area contributed by atoms with Crippen molar-refractivity contribution < 1.29 is 4.79 Å². The molecule has 0 saturated heterocycles. The van der Waals surface area contributed by atoms with Crippen LogP contribution in [0.25, 0.3) is 0 Å². The van der Waals surface area contributed by atoms with Gasteiger partial charge in [-0.25, -0.2) is 0 Å². The Balaban J connectivity index is 2.58. The molecule has 1 aliphatic carbocycles. The first kappa shape index (κ1) is 10.3. The van der Waals surface area contributed by atoms with E-state index in [0.717, 1.165) is 0 Å². The molecule has 1 fully saturated rings. The summed E-state index contributed by atoms with van der Waals surface area (Å²) >= 11 is 8.32. The van der Waals surface area contributed by atoms with Gasteiger partial charge in [0.15, 0.2) is 0 Å². The van der Waals surface area contributed by atoms with E-state index >= 15 is 0 Å². The summed E-state index contributed by atoms with van der Waals surface area (Å²) < 4.78 is 1.37. The van der Waals surface area contributed by atoms with Gasteiger partial charge in [0.05, 0.1) is 5.92 Å². The van der Waals surface area contributed by atoms with E-state index < -0.39 is 0 Å². The number of hydrogen-bond acceptors (Lipinski definition) is 3. The van der Waals surface area contributed by atoms with Gasteiger partial charge in [0, 0.05) is 12.3 Å². The second-order valence-corrected chi connectivity index (χ2v) is 4.88. The highest BCUT2D eigenvalue weighted by Gasteiger charge is 2.39. The number of amides is 1. The second kappa shape index (κ2) is 3.92. The van der Waals surface area contributed by atoms with E-state index in [0.29, 0.717) is 5.92 Å². The molecule has 4 heteroatoms. The van der Waals surface area contributed by atoms with Gasteiger partial charge in [0.25, 0.3) is 0 Å². The molecule has 0 aromatic heterocycles. The molecule has 0 spiro atoms. The number of hydrogen-bond donors (Lipinski definition) is 2. The van der Waals surface area contributed by atoms with E-state index in [1.807, 2.05) is 6.92 Å². The van der Waals surface area contributed by atoms with Gasteiger partial charge in [-0.2, -0.15) is 12.6 Å². The number of nitrogens with zero attached hydrogens (tertiary/aromatic N) is 1. The van der Waals surface area contributed by atoms with Crippen LogP contribution in [0.5, 0.6) is 0 Å². The van der Waals surface area contributed by atoms with Crippen LogP contribution in [0.3, 0.4) is 0 Å². The lowest BCUT2D eigenvalue weighted by Gasteiger charge is -2.21. The zero-order chi connectivity index (χ0) is 9.30. The molecule has 1 amide bonds. The highest BCUT2D eigenvalue weighted by atomic mass is 32.1. The topological polar surface area (TPSA) is 20.3 Å². The van der Waals surface area contributed by atoms with Crippen molar-refractivity contribution in [1.29, 1.82) is 0 Å². The summed E-state index contributed by atoms with van der Waals surface area (Å²) in [6.45, 7) is 1.97. The van der Waals surface area contributed by atoms with Crippen LogP contribution in [0.1, 0.15) is 19.8 Å². The van der Waals surface area contributed by atoms with Crippen LogP contribution in [0.15, 0.2) is 0 Å². The first-order valence-corrected chi connectivity index (χ1v) is 5.10. The van der Waals surface area contributed by atoms with Gasteiger partial charge in [0.1, 0.15) is 0 Å². The first-order chi connectivity index (χ1) is 5.54. The lowest BCUT2D eigenvalue weighted by molar-refractivity contribution is -0.129. The molecular weight excluding hydrogens is 190 g/mol. The van der Waals surface area contributed by atoms with Crippen molar-refractivity contribution in [2.75, 3.05) is 7.05 Å². The van der Waals surface area contributed by atoms with E-state index in [4.69, 9.17) is 0 Å². The van der Waals surface area contributed by atoms with Crippen LogP contribution < -0.4 is 0 Å². The van der Waals surface area contributed by atoms with Gasteiger partial charge >= 0.3 is 0 Å². The molecule has 2 nitrogen and oxygen atoms in total. The van der Waals surface area contributed by atoms with Gasteiger partial charge in [0.2, 0.25) is 5.91 Å². The molecule has 0 radical (unpaired) electrons. The molecule has 1 aliphatic rings. The maximum atomic E-state index is 11.6. The molecule has 0 aromatic rings. The minimum Gasteiger partial charge on any atom is -0.292 e. The highest BCUT2D eigenvalue weighted by Crippen LogP contribution is 2.40. The smallest absolute Gasteiger partial charge is 0.236 e. The van der Waals surface area contributed by atoms with E-state index in [1.165, 1.54) is 17.1 Å². The van der Waals surface area contributed by atoms with Crippen LogP contribution >= 0.6 is 25.4 Å². The molecule has 1 saturated carbocycles. The van der Waals surface area contributed by atoms with Gasteiger partial charge in [-0.15, -0.1) is 0 Å². The molecule has 70 valence electrons. The first-order valence-electron chi connectivity index (χ1n) is 4.18. The van der Waals surface area contributed by atoms with E-state index in [2.05, 4.69) is 25.4 Å². The Morgan fingerprint density at radius 2 is 2.08 bits per heavy atom. The monoisotopic (exact) mass is 205 g/mol. The average molecular weight is 205 g/mol. The van der Waals surface area contributed by atoms with Crippen LogP contribution in [-0.2, 0) is 4.79 Å². The summed E-state index contributed by atoms with van der Waals surface area (Å²) in [5.74, 6) is 0.721. The summed E-state index contributed by atoms with van der Waals surface area (Å²) in [5, 5.41) is 0.139. The highest BCUT2D eigenvalue weighted by molar-refractivity contribution is 7.81. The molecule has 12 heavy (non-hydrogen) atoms. The number of carbonyl (C=O) groups is 1. The van der Waals surface area contributed by atoms with Crippen LogP contribution in [0.4, 0.5) is 0 Å². The Morgan fingerprint density at radius 3 is 2.33 bits per heavy atom.